The third-order valence-corrected chi connectivity index (χ3v) is 6.22. The maximum absolute atomic E-state index is 14.6. The van der Waals surface area contributed by atoms with Crippen LogP contribution in [0.3, 0.4) is 0 Å². The number of benzene rings is 2. The smallest absolute Gasteiger partial charge is 0.175 e. The fourth-order valence-corrected chi connectivity index (χ4v) is 4.63. The zero-order valence-corrected chi connectivity index (χ0v) is 17.1. The maximum Gasteiger partial charge on any atom is 0.175 e. The van der Waals surface area contributed by atoms with Crippen LogP contribution in [0.4, 0.5) is 8.78 Å². The van der Waals surface area contributed by atoms with Gasteiger partial charge in [-0.1, -0.05) is 75.6 Å². The maximum atomic E-state index is 14.6. The molecule has 3 rings (SSSR count). The molecule has 2 aromatic carbocycles. The molecule has 1 saturated carbocycles. The van der Waals surface area contributed by atoms with E-state index in [0.717, 1.165) is 5.56 Å². The molecule has 148 valence electrons. The second kappa shape index (κ2) is 9.37. The van der Waals surface area contributed by atoms with Crippen LogP contribution in [0, 0.1) is 23.5 Å². The van der Waals surface area contributed by atoms with Crippen LogP contribution in [0.15, 0.2) is 36.4 Å². The largest absolute Gasteiger partial charge is 0.203 e. The van der Waals surface area contributed by atoms with Crippen molar-refractivity contribution in [2.75, 3.05) is 0 Å². The topological polar surface area (TPSA) is 0 Å². The molecule has 1 aliphatic carbocycles. The van der Waals surface area contributed by atoms with Crippen LogP contribution in [0.1, 0.15) is 82.8 Å². The van der Waals surface area contributed by atoms with Crippen molar-refractivity contribution in [3.63, 3.8) is 0 Å². The van der Waals surface area contributed by atoms with Gasteiger partial charge in [0.25, 0.3) is 0 Å². The van der Waals surface area contributed by atoms with Crippen molar-refractivity contribution >= 4 is 0 Å². The summed E-state index contributed by atoms with van der Waals surface area (Å²) in [5.74, 6) is 3.56. The summed E-state index contributed by atoms with van der Waals surface area (Å²) in [6.07, 6.45) is 11.4. The highest BCUT2D eigenvalue weighted by Gasteiger charge is 2.33. The monoisotopic (exact) mass is 380 g/mol. The molecule has 2 heteroatoms. The summed E-state index contributed by atoms with van der Waals surface area (Å²) in [6, 6.07) is 11.4. The first-order valence-corrected chi connectivity index (χ1v) is 10.6. The molecular formula is C26H30F2. The lowest BCUT2D eigenvalue weighted by Crippen LogP contribution is -2.29. The highest BCUT2D eigenvalue weighted by atomic mass is 19.2. The lowest BCUT2D eigenvalue weighted by Gasteiger charge is -2.38. The average Bonchev–Trinajstić information content (AvgIpc) is 2.73. The zero-order chi connectivity index (χ0) is 20.0. The van der Waals surface area contributed by atoms with Gasteiger partial charge in [-0.15, -0.1) is 5.92 Å². The fourth-order valence-electron chi connectivity index (χ4n) is 4.63. The van der Waals surface area contributed by atoms with Gasteiger partial charge in [-0.25, -0.2) is 8.78 Å². The summed E-state index contributed by atoms with van der Waals surface area (Å²) in [4.78, 5) is 0. The third-order valence-electron chi connectivity index (χ3n) is 6.22. The standard InChI is InChI=1S/C26H30F2/c1-3-5-7-17-26(18-8-6-9-19-26)22-14-11-20(12-15-22)23-16-13-21(10-4-2)24(27)25(23)28/h11-16H,3,5-9,17-19H2,1-2H3. The van der Waals surface area contributed by atoms with E-state index in [-0.39, 0.29) is 11.0 Å². The number of halogens is 2. The van der Waals surface area contributed by atoms with Gasteiger partial charge in [0.2, 0.25) is 0 Å². The summed E-state index contributed by atoms with van der Waals surface area (Å²) < 4.78 is 28.8. The number of hydrogen-bond acceptors (Lipinski definition) is 0. The summed E-state index contributed by atoms with van der Waals surface area (Å²) >= 11 is 0. The molecule has 0 amide bonds. The summed E-state index contributed by atoms with van der Waals surface area (Å²) in [6.45, 7) is 3.86. The van der Waals surface area contributed by atoms with Gasteiger partial charge in [0.15, 0.2) is 11.6 Å². The molecule has 0 heterocycles. The first-order valence-electron chi connectivity index (χ1n) is 10.6. The van der Waals surface area contributed by atoms with Crippen molar-refractivity contribution < 1.29 is 8.78 Å². The molecule has 0 aromatic heterocycles. The molecule has 0 bridgehead atoms. The van der Waals surface area contributed by atoms with Crippen molar-refractivity contribution in [3.05, 3.63) is 59.2 Å². The molecule has 1 aliphatic rings. The van der Waals surface area contributed by atoms with Crippen LogP contribution in [0.5, 0.6) is 0 Å². The van der Waals surface area contributed by atoms with E-state index in [0.29, 0.717) is 5.56 Å². The summed E-state index contributed by atoms with van der Waals surface area (Å²) in [7, 11) is 0. The van der Waals surface area contributed by atoms with E-state index in [2.05, 4.69) is 30.9 Å². The molecule has 0 nitrogen and oxygen atoms in total. The Hall–Kier alpha value is -2.14. The van der Waals surface area contributed by atoms with Gasteiger partial charge in [-0.05, 0) is 54.9 Å². The van der Waals surface area contributed by atoms with E-state index in [1.807, 2.05) is 12.1 Å². The molecule has 0 spiro atoms. The van der Waals surface area contributed by atoms with Gasteiger partial charge in [0.1, 0.15) is 0 Å². The predicted molar refractivity (Wildman–Crippen MR) is 113 cm³/mol. The molecule has 0 atom stereocenters. The van der Waals surface area contributed by atoms with Gasteiger partial charge < -0.3 is 0 Å². The quantitative estimate of drug-likeness (QED) is 0.354. The van der Waals surface area contributed by atoms with Gasteiger partial charge in [0, 0.05) is 5.56 Å². The van der Waals surface area contributed by atoms with E-state index in [9.17, 15) is 8.78 Å². The molecule has 2 aromatic rings. The van der Waals surface area contributed by atoms with Crippen molar-refractivity contribution in [1.29, 1.82) is 0 Å². The van der Waals surface area contributed by atoms with Crippen LogP contribution < -0.4 is 0 Å². The second-order valence-electron chi connectivity index (χ2n) is 8.04. The van der Waals surface area contributed by atoms with Crippen molar-refractivity contribution in [2.24, 2.45) is 0 Å². The first kappa shape index (κ1) is 20.6. The SMILES string of the molecule is CC#Cc1ccc(-c2ccc(C3(CCCCC)CCCCC3)cc2)c(F)c1F. The average molecular weight is 381 g/mol. The van der Waals surface area contributed by atoms with Crippen LogP contribution >= 0.6 is 0 Å². The molecular weight excluding hydrogens is 350 g/mol. The van der Waals surface area contributed by atoms with Crippen LogP contribution in [0.2, 0.25) is 0 Å². The Morgan fingerprint density at radius 2 is 1.61 bits per heavy atom. The Morgan fingerprint density at radius 1 is 0.893 bits per heavy atom. The minimum absolute atomic E-state index is 0.109. The molecule has 0 aliphatic heterocycles. The second-order valence-corrected chi connectivity index (χ2v) is 8.04. The molecule has 0 saturated heterocycles. The lowest BCUT2D eigenvalue weighted by atomic mass is 9.66. The van der Waals surface area contributed by atoms with Crippen molar-refractivity contribution in [1.82, 2.24) is 0 Å². The highest BCUT2D eigenvalue weighted by Crippen LogP contribution is 2.44. The Labute approximate surface area is 168 Å². The third kappa shape index (κ3) is 4.30. The van der Waals surface area contributed by atoms with Crippen LogP contribution in [0.25, 0.3) is 11.1 Å². The molecule has 1 fully saturated rings. The van der Waals surface area contributed by atoms with E-state index in [1.54, 1.807) is 19.1 Å². The first-order chi connectivity index (χ1) is 13.6. The normalized spacial score (nSPS) is 15.7. The highest BCUT2D eigenvalue weighted by molar-refractivity contribution is 5.66. The van der Waals surface area contributed by atoms with Gasteiger partial charge in [-0.3, -0.25) is 0 Å². The van der Waals surface area contributed by atoms with Gasteiger partial charge >= 0.3 is 0 Å². The van der Waals surface area contributed by atoms with Crippen LogP contribution in [-0.2, 0) is 5.41 Å². The fraction of sp³-hybridized carbons (Fsp3) is 0.462. The number of unbranched alkanes of at least 4 members (excludes halogenated alkanes) is 2. The van der Waals surface area contributed by atoms with E-state index in [4.69, 9.17) is 0 Å². The molecule has 0 N–H and O–H groups in total. The Kier molecular flexibility index (Phi) is 6.89. The van der Waals surface area contributed by atoms with Gasteiger partial charge in [-0.2, -0.15) is 0 Å². The van der Waals surface area contributed by atoms with Gasteiger partial charge in [0.05, 0.1) is 5.56 Å². The number of hydrogen-bond donors (Lipinski definition) is 0. The Bertz CT molecular complexity index is 846. The molecule has 0 radical (unpaired) electrons. The zero-order valence-electron chi connectivity index (χ0n) is 17.1. The van der Waals surface area contributed by atoms with E-state index in [1.165, 1.54) is 63.4 Å². The molecule has 0 unspecified atom stereocenters. The predicted octanol–water partition coefficient (Wildman–Crippen LogP) is 7.79. The van der Waals surface area contributed by atoms with Crippen LogP contribution in [-0.4, -0.2) is 0 Å². The minimum Gasteiger partial charge on any atom is -0.203 e. The Balaban J connectivity index is 1.89. The van der Waals surface area contributed by atoms with E-state index >= 15 is 0 Å². The Morgan fingerprint density at radius 3 is 2.25 bits per heavy atom. The molecule has 28 heavy (non-hydrogen) atoms. The lowest BCUT2D eigenvalue weighted by molar-refractivity contribution is 0.266. The number of rotatable bonds is 6. The van der Waals surface area contributed by atoms with E-state index < -0.39 is 11.6 Å². The summed E-state index contributed by atoms with van der Waals surface area (Å²) in [5, 5.41) is 0. The van der Waals surface area contributed by atoms with Crippen molar-refractivity contribution in [2.45, 2.75) is 77.0 Å². The summed E-state index contributed by atoms with van der Waals surface area (Å²) in [5.41, 5.74) is 2.75. The van der Waals surface area contributed by atoms with Crippen molar-refractivity contribution in [3.8, 4) is 23.0 Å². The minimum atomic E-state index is -0.862.